The van der Waals surface area contributed by atoms with E-state index in [4.69, 9.17) is 5.73 Å². The van der Waals surface area contributed by atoms with Crippen LogP contribution in [0.4, 0.5) is 0 Å². The van der Waals surface area contributed by atoms with Crippen LogP contribution in [0.1, 0.15) is 39.0 Å². The largest absolute Gasteiger partial charge is 0.355 e. The normalized spacial score (nSPS) is 33.6. The van der Waals surface area contributed by atoms with Crippen molar-refractivity contribution in [2.75, 3.05) is 26.2 Å². The van der Waals surface area contributed by atoms with Crippen molar-refractivity contribution in [2.24, 2.45) is 17.6 Å². The molecule has 2 rings (SSSR count). The molecule has 4 heteroatoms. The third-order valence-electron chi connectivity index (χ3n) is 4.55. The van der Waals surface area contributed by atoms with Gasteiger partial charge in [-0.2, -0.15) is 0 Å². The van der Waals surface area contributed by atoms with E-state index in [0.717, 1.165) is 31.3 Å². The summed E-state index contributed by atoms with van der Waals surface area (Å²) in [7, 11) is 0. The van der Waals surface area contributed by atoms with Gasteiger partial charge in [0.15, 0.2) is 0 Å². The van der Waals surface area contributed by atoms with Crippen molar-refractivity contribution >= 4 is 5.91 Å². The van der Waals surface area contributed by atoms with Crippen molar-refractivity contribution in [3.63, 3.8) is 0 Å². The first-order valence-corrected chi connectivity index (χ1v) is 7.44. The van der Waals surface area contributed by atoms with Gasteiger partial charge in [0.2, 0.25) is 5.91 Å². The Labute approximate surface area is 110 Å². The number of likely N-dealkylation sites (tertiary alicyclic amines) is 1. The van der Waals surface area contributed by atoms with Gasteiger partial charge in [0.05, 0.1) is 5.92 Å². The Kier molecular flexibility index (Phi) is 5.01. The van der Waals surface area contributed by atoms with Crippen molar-refractivity contribution in [3.05, 3.63) is 0 Å². The van der Waals surface area contributed by atoms with Crippen molar-refractivity contribution in [3.8, 4) is 0 Å². The first-order valence-electron chi connectivity index (χ1n) is 7.44. The van der Waals surface area contributed by atoms with Gasteiger partial charge < -0.3 is 11.1 Å². The lowest BCUT2D eigenvalue weighted by atomic mass is 9.93. The molecule has 0 spiro atoms. The summed E-state index contributed by atoms with van der Waals surface area (Å²) < 4.78 is 0. The second kappa shape index (κ2) is 6.53. The molecule has 0 radical (unpaired) electrons. The van der Waals surface area contributed by atoms with Gasteiger partial charge in [0, 0.05) is 25.7 Å². The molecular formula is C14H27N3O. The first-order chi connectivity index (χ1) is 8.72. The van der Waals surface area contributed by atoms with Crippen LogP contribution in [-0.4, -0.2) is 43.0 Å². The van der Waals surface area contributed by atoms with Crippen LogP contribution < -0.4 is 11.1 Å². The molecule has 18 heavy (non-hydrogen) atoms. The molecule has 1 saturated heterocycles. The molecule has 0 aromatic rings. The molecule has 4 nitrogen and oxygen atoms in total. The van der Waals surface area contributed by atoms with Gasteiger partial charge in [-0.3, -0.25) is 9.69 Å². The SMILES string of the molecule is CC1CCCC1N1CCCC(C(=O)NCCN)C1. The number of nitrogens with one attached hydrogen (secondary N) is 1. The minimum atomic E-state index is 0.179. The van der Waals surface area contributed by atoms with Gasteiger partial charge >= 0.3 is 0 Å². The summed E-state index contributed by atoms with van der Waals surface area (Å²) in [5.74, 6) is 1.18. The number of hydrogen-bond acceptors (Lipinski definition) is 3. The maximum Gasteiger partial charge on any atom is 0.224 e. The van der Waals surface area contributed by atoms with E-state index >= 15 is 0 Å². The summed E-state index contributed by atoms with van der Waals surface area (Å²) in [6.45, 7) is 5.62. The average molecular weight is 253 g/mol. The Bertz CT molecular complexity index is 282. The fraction of sp³-hybridized carbons (Fsp3) is 0.929. The Morgan fingerprint density at radius 2 is 2.17 bits per heavy atom. The standard InChI is InChI=1S/C14H27N3O/c1-11-4-2-6-13(11)17-9-3-5-12(10-17)14(18)16-8-7-15/h11-13H,2-10,15H2,1H3,(H,16,18). The van der Waals surface area contributed by atoms with E-state index in [1.54, 1.807) is 0 Å². The smallest absolute Gasteiger partial charge is 0.224 e. The molecular weight excluding hydrogens is 226 g/mol. The Balaban J connectivity index is 1.86. The minimum absolute atomic E-state index is 0.179. The average Bonchev–Trinajstić information content (AvgIpc) is 2.82. The van der Waals surface area contributed by atoms with Crippen LogP contribution in [0.3, 0.4) is 0 Å². The predicted molar refractivity (Wildman–Crippen MR) is 73.2 cm³/mol. The lowest BCUT2D eigenvalue weighted by molar-refractivity contribution is -0.127. The topological polar surface area (TPSA) is 58.4 Å². The third kappa shape index (κ3) is 3.23. The Morgan fingerprint density at radius 3 is 2.83 bits per heavy atom. The summed E-state index contributed by atoms with van der Waals surface area (Å²) in [6, 6.07) is 0.718. The zero-order valence-electron chi connectivity index (χ0n) is 11.5. The number of hydrogen-bond donors (Lipinski definition) is 2. The third-order valence-corrected chi connectivity index (χ3v) is 4.55. The van der Waals surface area contributed by atoms with Crippen molar-refractivity contribution in [1.82, 2.24) is 10.2 Å². The quantitative estimate of drug-likeness (QED) is 0.784. The Morgan fingerprint density at radius 1 is 1.33 bits per heavy atom. The van der Waals surface area contributed by atoms with E-state index in [1.807, 2.05) is 0 Å². The van der Waals surface area contributed by atoms with Crippen LogP contribution in [0.15, 0.2) is 0 Å². The summed E-state index contributed by atoms with van der Waals surface area (Å²) in [5, 5.41) is 2.93. The Hall–Kier alpha value is -0.610. The second-order valence-corrected chi connectivity index (χ2v) is 5.89. The van der Waals surface area contributed by atoms with E-state index in [0.29, 0.717) is 13.1 Å². The molecule has 2 aliphatic rings. The highest BCUT2D eigenvalue weighted by molar-refractivity contribution is 5.78. The van der Waals surface area contributed by atoms with E-state index in [9.17, 15) is 4.79 Å². The predicted octanol–water partition coefficient (Wildman–Crippen LogP) is 0.962. The van der Waals surface area contributed by atoms with Crippen LogP contribution in [0, 0.1) is 11.8 Å². The maximum absolute atomic E-state index is 12.0. The summed E-state index contributed by atoms with van der Waals surface area (Å²) in [4.78, 5) is 14.6. The molecule has 2 fully saturated rings. The summed E-state index contributed by atoms with van der Waals surface area (Å²) in [5.41, 5.74) is 5.43. The maximum atomic E-state index is 12.0. The van der Waals surface area contributed by atoms with Crippen LogP contribution >= 0.6 is 0 Å². The zero-order valence-corrected chi connectivity index (χ0v) is 11.5. The molecule has 3 atom stereocenters. The minimum Gasteiger partial charge on any atom is -0.355 e. The zero-order chi connectivity index (χ0) is 13.0. The van der Waals surface area contributed by atoms with Gasteiger partial charge in [0.25, 0.3) is 0 Å². The fourth-order valence-electron chi connectivity index (χ4n) is 3.53. The molecule has 1 aliphatic heterocycles. The number of nitrogens with zero attached hydrogens (tertiary/aromatic N) is 1. The summed E-state index contributed by atoms with van der Waals surface area (Å²) in [6.07, 6.45) is 6.22. The molecule has 0 bridgehead atoms. The molecule has 1 heterocycles. The lowest BCUT2D eigenvalue weighted by Crippen LogP contribution is -2.48. The number of rotatable bonds is 4. The molecule has 1 aliphatic carbocycles. The molecule has 1 amide bonds. The van der Waals surface area contributed by atoms with Gasteiger partial charge in [-0.1, -0.05) is 13.3 Å². The van der Waals surface area contributed by atoms with E-state index in [1.165, 1.54) is 25.8 Å². The molecule has 0 aromatic heterocycles. The van der Waals surface area contributed by atoms with Crippen LogP contribution in [0.5, 0.6) is 0 Å². The highest BCUT2D eigenvalue weighted by Crippen LogP contribution is 2.32. The van der Waals surface area contributed by atoms with Crippen molar-refractivity contribution < 1.29 is 4.79 Å². The number of carbonyl (C=O) groups excluding carboxylic acids is 1. The van der Waals surface area contributed by atoms with Crippen molar-refractivity contribution in [1.29, 1.82) is 0 Å². The molecule has 3 unspecified atom stereocenters. The van der Waals surface area contributed by atoms with Crippen LogP contribution in [0.25, 0.3) is 0 Å². The van der Waals surface area contributed by atoms with Crippen molar-refractivity contribution in [2.45, 2.75) is 45.1 Å². The number of amides is 1. The van der Waals surface area contributed by atoms with Gasteiger partial charge in [0.1, 0.15) is 0 Å². The number of piperidine rings is 1. The highest BCUT2D eigenvalue weighted by Gasteiger charge is 2.34. The van der Waals surface area contributed by atoms with Crippen LogP contribution in [0.2, 0.25) is 0 Å². The molecule has 104 valence electrons. The van der Waals surface area contributed by atoms with E-state index in [2.05, 4.69) is 17.1 Å². The van der Waals surface area contributed by atoms with E-state index < -0.39 is 0 Å². The fourth-order valence-corrected chi connectivity index (χ4v) is 3.53. The summed E-state index contributed by atoms with van der Waals surface area (Å²) >= 11 is 0. The second-order valence-electron chi connectivity index (χ2n) is 5.89. The van der Waals surface area contributed by atoms with Crippen LogP contribution in [-0.2, 0) is 4.79 Å². The first kappa shape index (κ1) is 13.8. The van der Waals surface area contributed by atoms with Gasteiger partial charge in [-0.25, -0.2) is 0 Å². The molecule has 1 saturated carbocycles. The van der Waals surface area contributed by atoms with E-state index in [-0.39, 0.29) is 11.8 Å². The highest BCUT2D eigenvalue weighted by atomic mass is 16.1. The van der Waals surface area contributed by atoms with Gasteiger partial charge in [-0.05, 0) is 38.1 Å². The number of carbonyl (C=O) groups is 1. The molecule has 0 aromatic carbocycles. The number of nitrogens with two attached hydrogens (primary N) is 1. The molecule has 3 N–H and O–H groups in total. The monoisotopic (exact) mass is 253 g/mol. The lowest BCUT2D eigenvalue weighted by Gasteiger charge is -2.38. The van der Waals surface area contributed by atoms with Gasteiger partial charge in [-0.15, -0.1) is 0 Å².